The number of nitrogens with zero attached hydrogens (tertiary/aromatic N) is 2. The van der Waals surface area contributed by atoms with Gasteiger partial charge >= 0.3 is 0 Å². The number of fused-ring (bicyclic) bond motifs is 1. The van der Waals surface area contributed by atoms with Gasteiger partial charge in [-0.05, 0) is 24.6 Å². The Bertz CT molecular complexity index is 790. The molecule has 3 nitrogen and oxygen atoms in total. The molecule has 3 aromatic rings. The zero-order valence-electron chi connectivity index (χ0n) is 10.7. The fourth-order valence-electron chi connectivity index (χ4n) is 2.15. The molecule has 19 heavy (non-hydrogen) atoms. The van der Waals surface area contributed by atoms with Crippen molar-refractivity contribution in [2.75, 3.05) is 0 Å². The molecule has 1 aromatic carbocycles. The van der Waals surface area contributed by atoms with Gasteiger partial charge in [-0.15, -0.1) is 0 Å². The normalized spacial score (nSPS) is 10.8. The van der Waals surface area contributed by atoms with Crippen molar-refractivity contribution in [1.82, 2.24) is 9.55 Å². The predicted octanol–water partition coefficient (Wildman–Crippen LogP) is 2.75. The first-order chi connectivity index (χ1) is 9.22. The van der Waals surface area contributed by atoms with Crippen LogP contribution in [0.15, 0.2) is 59.5 Å². The lowest BCUT2D eigenvalue weighted by Crippen LogP contribution is -2.19. The number of aromatic nitrogens is 2. The highest BCUT2D eigenvalue weighted by molar-refractivity contribution is 5.78. The molecule has 0 bridgehead atoms. The molecule has 0 fully saturated rings. The number of benzene rings is 1. The summed E-state index contributed by atoms with van der Waals surface area (Å²) in [5, 5.41) is 1.11. The molecular weight excluding hydrogens is 236 g/mol. The highest BCUT2D eigenvalue weighted by Crippen LogP contribution is 2.12. The van der Waals surface area contributed by atoms with E-state index in [4.69, 9.17) is 0 Å². The lowest BCUT2D eigenvalue weighted by Gasteiger charge is -2.07. The molecule has 0 saturated carbocycles. The second-order valence-corrected chi connectivity index (χ2v) is 4.67. The van der Waals surface area contributed by atoms with Crippen LogP contribution < -0.4 is 5.56 Å². The van der Waals surface area contributed by atoms with Crippen LogP contribution in [-0.4, -0.2) is 9.55 Å². The average Bonchev–Trinajstić information content (AvgIpc) is 2.43. The quantitative estimate of drug-likeness (QED) is 0.701. The standard InChI is InChI=1S/C16H14N2O/c1-12-6-9-16(19)18(10-12)11-14-8-7-13-4-2-3-5-15(13)17-14/h2-10H,11H2,1H3. The fourth-order valence-corrected chi connectivity index (χ4v) is 2.15. The molecule has 0 radical (unpaired) electrons. The smallest absolute Gasteiger partial charge is 0.250 e. The van der Waals surface area contributed by atoms with E-state index in [-0.39, 0.29) is 5.56 Å². The summed E-state index contributed by atoms with van der Waals surface area (Å²) in [7, 11) is 0. The van der Waals surface area contributed by atoms with E-state index in [0.29, 0.717) is 6.54 Å². The summed E-state index contributed by atoms with van der Waals surface area (Å²) in [5.74, 6) is 0. The van der Waals surface area contributed by atoms with Crippen LogP contribution in [0.2, 0.25) is 0 Å². The van der Waals surface area contributed by atoms with Crippen LogP contribution in [0.5, 0.6) is 0 Å². The van der Waals surface area contributed by atoms with E-state index in [9.17, 15) is 4.79 Å². The highest BCUT2D eigenvalue weighted by Gasteiger charge is 2.01. The topological polar surface area (TPSA) is 34.9 Å². The van der Waals surface area contributed by atoms with Gasteiger partial charge in [0.05, 0.1) is 17.8 Å². The van der Waals surface area contributed by atoms with Gasteiger partial charge in [-0.25, -0.2) is 0 Å². The zero-order valence-corrected chi connectivity index (χ0v) is 10.7. The highest BCUT2D eigenvalue weighted by atomic mass is 16.1. The number of hydrogen-bond donors (Lipinski definition) is 0. The third-order valence-electron chi connectivity index (χ3n) is 3.12. The van der Waals surface area contributed by atoms with Crippen LogP contribution in [0.3, 0.4) is 0 Å². The van der Waals surface area contributed by atoms with Crippen LogP contribution >= 0.6 is 0 Å². The predicted molar refractivity (Wildman–Crippen MR) is 76.3 cm³/mol. The van der Waals surface area contributed by atoms with Crippen LogP contribution in [0.1, 0.15) is 11.3 Å². The second kappa shape index (κ2) is 4.69. The van der Waals surface area contributed by atoms with Crippen molar-refractivity contribution in [2.45, 2.75) is 13.5 Å². The van der Waals surface area contributed by atoms with Crippen LogP contribution in [0, 0.1) is 6.92 Å². The molecule has 2 aromatic heterocycles. The van der Waals surface area contributed by atoms with E-state index in [2.05, 4.69) is 4.98 Å². The fraction of sp³-hybridized carbons (Fsp3) is 0.125. The summed E-state index contributed by atoms with van der Waals surface area (Å²) in [6.45, 7) is 2.48. The minimum Gasteiger partial charge on any atom is -0.309 e. The largest absolute Gasteiger partial charge is 0.309 e. The van der Waals surface area contributed by atoms with Crippen molar-refractivity contribution in [3.05, 3.63) is 76.3 Å². The number of pyridine rings is 2. The Morgan fingerprint density at radius 2 is 1.89 bits per heavy atom. The second-order valence-electron chi connectivity index (χ2n) is 4.67. The van der Waals surface area contributed by atoms with Gasteiger partial charge in [-0.2, -0.15) is 0 Å². The molecule has 3 heteroatoms. The zero-order chi connectivity index (χ0) is 13.2. The van der Waals surface area contributed by atoms with E-state index in [1.165, 1.54) is 0 Å². The Morgan fingerprint density at radius 3 is 2.79 bits per heavy atom. The summed E-state index contributed by atoms with van der Waals surface area (Å²) in [6, 6.07) is 15.4. The summed E-state index contributed by atoms with van der Waals surface area (Å²) >= 11 is 0. The summed E-state index contributed by atoms with van der Waals surface area (Å²) < 4.78 is 1.69. The van der Waals surface area contributed by atoms with Crippen molar-refractivity contribution in [3.8, 4) is 0 Å². The van der Waals surface area contributed by atoms with Gasteiger partial charge in [0.2, 0.25) is 0 Å². The number of aryl methyl sites for hydroxylation is 1. The van der Waals surface area contributed by atoms with Gasteiger partial charge in [0.25, 0.3) is 5.56 Å². The summed E-state index contributed by atoms with van der Waals surface area (Å²) in [4.78, 5) is 16.4. The summed E-state index contributed by atoms with van der Waals surface area (Å²) in [6.07, 6.45) is 1.86. The van der Waals surface area contributed by atoms with Crippen LogP contribution in [-0.2, 0) is 6.54 Å². The molecule has 0 aliphatic carbocycles. The Balaban J connectivity index is 2.01. The van der Waals surface area contributed by atoms with E-state index in [1.54, 1.807) is 10.6 Å². The van der Waals surface area contributed by atoms with Crippen molar-refractivity contribution in [1.29, 1.82) is 0 Å². The minimum absolute atomic E-state index is 0.000517. The maximum Gasteiger partial charge on any atom is 0.250 e. The number of hydrogen-bond acceptors (Lipinski definition) is 2. The third-order valence-corrected chi connectivity index (χ3v) is 3.12. The van der Waals surface area contributed by atoms with Gasteiger partial charge < -0.3 is 4.57 Å². The molecule has 3 rings (SSSR count). The molecule has 0 amide bonds. The van der Waals surface area contributed by atoms with Gasteiger partial charge in [0.15, 0.2) is 0 Å². The molecule has 0 saturated heterocycles. The van der Waals surface area contributed by atoms with E-state index in [1.807, 2.05) is 55.6 Å². The molecule has 0 aliphatic rings. The number of para-hydroxylation sites is 1. The Hall–Kier alpha value is -2.42. The van der Waals surface area contributed by atoms with Crippen molar-refractivity contribution in [3.63, 3.8) is 0 Å². The SMILES string of the molecule is Cc1ccc(=O)n(Cc2ccc3ccccc3n2)c1. The first-order valence-corrected chi connectivity index (χ1v) is 6.24. The molecular formula is C16H14N2O. The minimum atomic E-state index is 0.000517. The lowest BCUT2D eigenvalue weighted by atomic mass is 10.2. The monoisotopic (exact) mass is 250 g/mol. The van der Waals surface area contributed by atoms with Gasteiger partial charge in [0, 0.05) is 17.6 Å². The maximum atomic E-state index is 11.8. The molecule has 0 atom stereocenters. The van der Waals surface area contributed by atoms with Crippen LogP contribution in [0.25, 0.3) is 10.9 Å². The van der Waals surface area contributed by atoms with Gasteiger partial charge in [-0.3, -0.25) is 9.78 Å². The third kappa shape index (κ3) is 2.40. The molecule has 0 N–H and O–H groups in total. The van der Waals surface area contributed by atoms with E-state index >= 15 is 0 Å². The van der Waals surface area contributed by atoms with E-state index < -0.39 is 0 Å². The van der Waals surface area contributed by atoms with Crippen molar-refractivity contribution < 1.29 is 0 Å². The van der Waals surface area contributed by atoms with Crippen LogP contribution in [0.4, 0.5) is 0 Å². The maximum absolute atomic E-state index is 11.8. The Morgan fingerprint density at radius 1 is 1.05 bits per heavy atom. The average molecular weight is 250 g/mol. The van der Waals surface area contributed by atoms with Gasteiger partial charge in [-0.1, -0.05) is 30.3 Å². The molecule has 0 unspecified atom stereocenters. The number of rotatable bonds is 2. The first kappa shape index (κ1) is 11.7. The van der Waals surface area contributed by atoms with Crippen molar-refractivity contribution >= 4 is 10.9 Å². The van der Waals surface area contributed by atoms with Crippen molar-refractivity contribution in [2.24, 2.45) is 0 Å². The lowest BCUT2D eigenvalue weighted by molar-refractivity contribution is 0.738. The first-order valence-electron chi connectivity index (χ1n) is 6.24. The molecule has 94 valence electrons. The molecule has 0 spiro atoms. The molecule has 0 aliphatic heterocycles. The Labute approximate surface area is 111 Å². The van der Waals surface area contributed by atoms with Gasteiger partial charge in [0.1, 0.15) is 0 Å². The molecule has 2 heterocycles. The summed E-state index contributed by atoms with van der Waals surface area (Å²) in [5.41, 5.74) is 2.92. The Kier molecular flexibility index (Phi) is 2.88. The van der Waals surface area contributed by atoms with E-state index in [0.717, 1.165) is 22.2 Å².